The SMILES string of the molecule is CCCNC(c1cc(Cl)ccc1Cl)C(C)c1ccncc1. The Hall–Kier alpha value is -1.09. The van der Waals surface area contributed by atoms with Crippen LogP contribution in [0.25, 0.3) is 0 Å². The van der Waals surface area contributed by atoms with Gasteiger partial charge in [-0.3, -0.25) is 4.98 Å². The Morgan fingerprint density at radius 1 is 1.14 bits per heavy atom. The largest absolute Gasteiger partial charge is 0.309 e. The number of hydrogen-bond acceptors (Lipinski definition) is 2. The normalized spacial score (nSPS) is 13.9. The van der Waals surface area contributed by atoms with E-state index in [-0.39, 0.29) is 12.0 Å². The van der Waals surface area contributed by atoms with E-state index in [1.54, 1.807) is 0 Å². The van der Waals surface area contributed by atoms with Gasteiger partial charge in [0, 0.05) is 34.4 Å². The highest BCUT2D eigenvalue weighted by Crippen LogP contribution is 2.35. The Labute approximate surface area is 136 Å². The van der Waals surface area contributed by atoms with Gasteiger partial charge in [-0.2, -0.15) is 0 Å². The van der Waals surface area contributed by atoms with E-state index in [2.05, 4.69) is 24.1 Å². The monoisotopic (exact) mass is 322 g/mol. The summed E-state index contributed by atoms with van der Waals surface area (Å²) in [4.78, 5) is 4.09. The van der Waals surface area contributed by atoms with Crippen molar-refractivity contribution in [3.63, 3.8) is 0 Å². The summed E-state index contributed by atoms with van der Waals surface area (Å²) >= 11 is 12.5. The van der Waals surface area contributed by atoms with Gasteiger partial charge in [0.2, 0.25) is 0 Å². The average Bonchev–Trinajstić information content (AvgIpc) is 2.51. The lowest BCUT2D eigenvalue weighted by molar-refractivity contribution is 0.466. The van der Waals surface area contributed by atoms with Crippen molar-refractivity contribution in [2.45, 2.75) is 32.2 Å². The maximum absolute atomic E-state index is 6.39. The maximum atomic E-state index is 6.39. The molecule has 2 rings (SSSR count). The van der Waals surface area contributed by atoms with Crippen LogP contribution >= 0.6 is 23.2 Å². The van der Waals surface area contributed by atoms with Crippen LogP contribution in [0.5, 0.6) is 0 Å². The first-order chi connectivity index (χ1) is 10.1. The third-order valence-corrected chi connectivity index (χ3v) is 4.22. The summed E-state index contributed by atoms with van der Waals surface area (Å²) in [5.41, 5.74) is 2.27. The molecule has 2 unspecified atom stereocenters. The highest BCUT2D eigenvalue weighted by molar-refractivity contribution is 6.33. The van der Waals surface area contributed by atoms with E-state index in [1.807, 2.05) is 42.7 Å². The van der Waals surface area contributed by atoms with Crippen molar-refractivity contribution in [3.05, 3.63) is 63.9 Å². The van der Waals surface area contributed by atoms with Crippen LogP contribution in [-0.4, -0.2) is 11.5 Å². The first-order valence-electron chi connectivity index (χ1n) is 7.21. The molecule has 0 bridgehead atoms. The molecule has 0 aliphatic heterocycles. The molecule has 2 nitrogen and oxygen atoms in total. The predicted octanol–water partition coefficient (Wildman–Crippen LogP) is 5.23. The first kappa shape index (κ1) is 16.3. The maximum Gasteiger partial charge on any atom is 0.0455 e. The Morgan fingerprint density at radius 3 is 2.52 bits per heavy atom. The van der Waals surface area contributed by atoms with Crippen LogP contribution in [0.15, 0.2) is 42.7 Å². The van der Waals surface area contributed by atoms with Crippen molar-refractivity contribution in [1.82, 2.24) is 10.3 Å². The molecule has 1 aromatic carbocycles. The van der Waals surface area contributed by atoms with E-state index >= 15 is 0 Å². The molecule has 0 saturated heterocycles. The molecule has 2 atom stereocenters. The van der Waals surface area contributed by atoms with Crippen molar-refractivity contribution < 1.29 is 0 Å². The third-order valence-electron chi connectivity index (χ3n) is 3.64. The molecule has 21 heavy (non-hydrogen) atoms. The quantitative estimate of drug-likeness (QED) is 0.787. The minimum atomic E-state index is 0.124. The Kier molecular flexibility index (Phi) is 6.04. The summed E-state index contributed by atoms with van der Waals surface area (Å²) in [6.45, 7) is 5.28. The molecular weight excluding hydrogens is 303 g/mol. The molecule has 0 aliphatic rings. The van der Waals surface area contributed by atoms with Gasteiger partial charge in [-0.25, -0.2) is 0 Å². The predicted molar refractivity (Wildman–Crippen MR) is 90.1 cm³/mol. The van der Waals surface area contributed by atoms with E-state index < -0.39 is 0 Å². The molecule has 1 aromatic heterocycles. The summed E-state index contributed by atoms with van der Waals surface area (Å²) in [6, 6.07) is 9.85. The Balaban J connectivity index is 2.36. The van der Waals surface area contributed by atoms with E-state index in [1.165, 1.54) is 5.56 Å². The minimum Gasteiger partial charge on any atom is -0.309 e. The second kappa shape index (κ2) is 7.79. The number of aromatic nitrogens is 1. The number of nitrogens with zero attached hydrogens (tertiary/aromatic N) is 1. The van der Waals surface area contributed by atoms with Crippen molar-refractivity contribution in [2.75, 3.05) is 6.54 Å². The fourth-order valence-corrected chi connectivity index (χ4v) is 2.88. The average molecular weight is 323 g/mol. The van der Waals surface area contributed by atoms with E-state index in [0.717, 1.165) is 23.6 Å². The molecule has 0 radical (unpaired) electrons. The summed E-state index contributed by atoms with van der Waals surface area (Å²) in [6.07, 6.45) is 4.71. The number of benzene rings is 1. The Morgan fingerprint density at radius 2 is 1.86 bits per heavy atom. The van der Waals surface area contributed by atoms with E-state index in [9.17, 15) is 0 Å². The van der Waals surface area contributed by atoms with Crippen LogP contribution in [0.3, 0.4) is 0 Å². The van der Waals surface area contributed by atoms with Crippen LogP contribution in [0.2, 0.25) is 10.0 Å². The molecule has 1 heterocycles. The van der Waals surface area contributed by atoms with Gasteiger partial charge >= 0.3 is 0 Å². The molecule has 1 N–H and O–H groups in total. The highest BCUT2D eigenvalue weighted by atomic mass is 35.5. The number of nitrogens with one attached hydrogen (secondary N) is 1. The number of hydrogen-bond donors (Lipinski definition) is 1. The zero-order chi connectivity index (χ0) is 15.2. The van der Waals surface area contributed by atoms with Gasteiger partial charge in [-0.05, 0) is 54.4 Å². The first-order valence-corrected chi connectivity index (χ1v) is 7.97. The lowest BCUT2D eigenvalue weighted by Gasteiger charge is -2.27. The standard InChI is InChI=1S/C17H20Cl2N2/c1-3-8-21-17(12(2)13-6-9-20-10-7-13)15-11-14(18)4-5-16(15)19/h4-7,9-12,17,21H,3,8H2,1-2H3. The van der Waals surface area contributed by atoms with Gasteiger partial charge < -0.3 is 5.32 Å². The van der Waals surface area contributed by atoms with Crippen molar-refractivity contribution in [1.29, 1.82) is 0 Å². The van der Waals surface area contributed by atoms with Crippen LogP contribution < -0.4 is 5.32 Å². The lowest BCUT2D eigenvalue weighted by atomic mass is 9.89. The van der Waals surface area contributed by atoms with Gasteiger partial charge in [-0.15, -0.1) is 0 Å². The van der Waals surface area contributed by atoms with Crippen molar-refractivity contribution in [2.24, 2.45) is 0 Å². The smallest absolute Gasteiger partial charge is 0.0455 e. The molecular formula is C17H20Cl2N2. The topological polar surface area (TPSA) is 24.9 Å². The van der Waals surface area contributed by atoms with Crippen molar-refractivity contribution in [3.8, 4) is 0 Å². The molecule has 0 spiro atoms. The molecule has 0 fully saturated rings. The fourth-order valence-electron chi connectivity index (χ4n) is 2.47. The molecule has 112 valence electrons. The highest BCUT2D eigenvalue weighted by Gasteiger charge is 2.22. The summed E-state index contributed by atoms with van der Waals surface area (Å²) in [7, 11) is 0. The van der Waals surface area contributed by atoms with Crippen molar-refractivity contribution >= 4 is 23.2 Å². The van der Waals surface area contributed by atoms with Crippen LogP contribution in [0.4, 0.5) is 0 Å². The van der Waals surface area contributed by atoms with Gasteiger partial charge in [0.25, 0.3) is 0 Å². The Bertz CT molecular complexity index is 572. The fraction of sp³-hybridized carbons (Fsp3) is 0.353. The molecule has 0 amide bonds. The molecule has 0 saturated carbocycles. The van der Waals surface area contributed by atoms with E-state index in [4.69, 9.17) is 23.2 Å². The molecule has 4 heteroatoms. The number of pyridine rings is 1. The number of rotatable bonds is 6. The third kappa shape index (κ3) is 4.19. The van der Waals surface area contributed by atoms with Gasteiger partial charge in [-0.1, -0.05) is 37.0 Å². The molecule has 2 aromatic rings. The summed E-state index contributed by atoms with van der Waals surface area (Å²) < 4.78 is 0. The van der Waals surface area contributed by atoms with Gasteiger partial charge in [0.15, 0.2) is 0 Å². The molecule has 0 aliphatic carbocycles. The second-order valence-corrected chi connectivity index (χ2v) is 6.01. The van der Waals surface area contributed by atoms with Crippen LogP contribution in [-0.2, 0) is 0 Å². The van der Waals surface area contributed by atoms with Crippen LogP contribution in [0, 0.1) is 0 Å². The second-order valence-electron chi connectivity index (χ2n) is 5.17. The number of halogens is 2. The van der Waals surface area contributed by atoms with Gasteiger partial charge in [0.05, 0.1) is 0 Å². The van der Waals surface area contributed by atoms with E-state index in [0.29, 0.717) is 5.02 Å². The van der Waals surface area contributed by atoms with Crippen LogP contribution in [0.1, 0.15) is 43.4 Å². The zero-order valence-corrected chi connectivity index (χ0v) is 13.8. The summed E-state index contributed by atoms with van der Waals surface area (Å²) in [5.74, 6) is 0.274. The lowest BCUT2D eigenvalue weighted by Crippen LogP contribution is -2.27. The zero-order valence-electron chi connectivity index (χ0n) is 12.3. The summed E-state index contributed by atoms with van der Waals surface area (Å²) in [5, 5.41) is 5.04. The van der Waals surface area contributed by atoms with Gasteiger partial charge in [0.1, 0.15) is 0 Å². The minimum absolute atomic E-state index is 0.124.